The molecule has 0 saturated carbocycles. The highest BCUT2D eigenvalue weighted by atomic mass is 32.2. The third-order valence-corrected chi connectivity index (χ3v) is 11.3. The molecule has 1 aliphatic rings. The topological polar surface area (TPSA) is 159 Å². The number of amides is 4. The van der Waals surface area contributed by atoms with Crippen LogP contribution in [0.5, 0.6) is 5.75 Å². The number of hydrogen-bond acceptors (Lipinski definition) is 10. The second-order valence-corrected chi connectivity index (χ2v) is 17.0. The number of benzene rings is 2. The van der Waals surface area contributed by atoms with Crippen molar-refractivity contribution in [3.05, 3.63) is 76.2 Å². The van der Waals surface area contributed by atoms with Crippen LogP contribution in [0.4, 0.5) is 4.79 Å². The molecule has 1 aromatic heterocycles. The van der Waals surface area contributed by atoms with Crippen molar-refractivity contribution < 1.29 is 37.4 Å². The van der Waals surface area contributed by atoms with Gasteiger partial charge in [0.25, 0.3) is 5.91 Å². The molecule has 1 aliphatic heterocycles. The molecule has 0 aliphatic carbocycles. The number of carbonyl (C=O) groups excluding carboxylic acids is 3. The summed E-state index contributed by atoms with van der Waals surface area (Å²) in [6.07, 6.45) is 0.483. The van der Waals surface area contributed by atoms with E-state index in [-0.39, 0.29) is 37.5 Å². The summed E-state index contributed by atoms with van der Waals surface area (Å²) in [5, 5.41) is 17.3. The van der Waals surface area contributed by atoms with Crippen LogP contribution in [0, 0.1) is 5.41 Å². The molecule has 2 N–H and O–H groups in total. The monoisotopic (exact) mass is 757 g/mol. The fourth-order valence-corrected chi connectivity index (χ4v) is 8.44. The molecule has 13 nitrogen and oxygen atoms in total. The molecule has 0 bridgehead atoms. The molecule has 52 heavy (non-hydrogen) atoms. The number of thiazole rings is 1. The number of nitrogens with one attached hydrogen (secondary N) is 1. The van der Waals surface area contributed by atoms with Crippen LogP contribution < -0.4 is 10.1 Å². The normalized spacial score (nSPS) is 15.6. The predicted molar refractivity (Wildman–Crippen MR) is 198 cm³/mol. The van der Waals surface area contributed by atoms with E-state index in [1.165, 1.54) is 39.8 Å². The van der Waals surface area contributed by atoms with Crippen molar-refractivity contribution >= 4 is 39.2 Å². The first-order chi connectivity index (χ1) is 24.7. The maximum atomic E-state index is 14.2. The van der Waals surface area contributed by atoms with Crippen LogP contribution in [0.25, 0.3) is 0 Å². The number of rotatable bonds is 19. The van der Waals surface area contributed by atoms with Gasteiger partial charge in [-0.2, -0.15) is 4.31 Å². The smallest absolute Gasteiger partial charge is 0.328 e. The van der Waals surface area contributed by atoms with E-state index in [1.807, 2.05) is 58.0 Å². The summed E-state index contributed by atoms with van der Waals surface area (Å²) in [7, 11) is -1.03. The lowest BCUT2D eigenvalue weighted by Gasteiger charge is -2.34. The largest absolute Gasteiger partial charge is 0.497 e. The number of aromatic nitrogens is 1. The van der Waals surface area contributed by atoms with Gasteiger partial charge in [0.15, 0.2) is 0 Å². The average Bonchev–Trinajstić information content (AvgIpc) is 3.67. The molecule has 0 unspecified atom stereocenters. The van der Waals surface area contributed by atoms with E-state index in [0.717, 1.165) is 21.9 Å². The zero-order chi connectivity index (χ0) is 38.1. The van der Waals surface area contributed by atoms with Gasteiger partial charge in [-0.15, -0.1) is 11.3 Å². The fraction of sp³-hybridized carbons (Fsp3) is 0.514. The highest BCUT2D eigenvalue weighted by Gasteiger charge is 2.43. The van der Waals surface area contributed by atoms with Crippen molar-refractivity contribution in [2.24, 2.45) is 5.41 Å². The summed E-state index contributed by atoms with van der Waals surface area (Å²) < 4.78 is 39.6. The Kier molecular flexibility index (Phi) is 14.3. The lowest BCUT2D eigenvalue weighted by molar-refractivity contribution is -0.128. The molecule has 3 aromatic rings. The number of urea groups is 1. The van der Waals surface area contributed by atoms with E-state index in [0.29, 0.717) is 30.9 Å². The number of imide groups is 1. The third kappa shape index (κ3) is 10.8. The van der Waals surface area contributed by atoms with Crippen LogP contribution in [0.1, 0.15) is 63.2 Å². The number of methoxy groups -OCH3 is 2. The Labute approximate surface area is 311 Å². The molecule has 15 heteroatoms. The minimum Gasteiger partial charge on any atom is -0.497 e. The van der Waals surface area contributed by atoms with E-state index in [9.17, 15) is 27.9 Å². The summed E-state index contributed by atoms with van der Waals surface area (Å²) in [5.41, 5.74) is 0.888. The van der Waals surface area contributed by atoms with Crippen LogP contribution in [0.15, 0.2) is 64.9 Å². The number of hydrogen-bond donors (Lipinski definition) is 2. The maximum Gasteiger partial charge on any atom is 0.328 e. The molecule has 0 radical (unpaired) electrons. The molecule has 2 heterocycles. The van der Waals surface area contributed by atoms with Gasteiger partial charge in [-0.1, -0.05) is 70.9 Å². The SMILES string of the molecule is CCCC[C@@H](C(=O)N[C@@H](Cc1ccccc1)[C@H](O)CN(CC(C)(C)C)S(=O)(=O)c1ccc(OC)cc1)N1CC(=O)N(Cc2csc(COC)n2)C1=O. The van der Waals surface area contributed by atoms with Gasteiger partial charge in [0.05, 0.1) is 43.0 Å². The minimum atomic E-state index is -4.08. The Morgan fingerprint density at radius 2 is 1.79 bits per heavy atom. The molecular formula is C37H51N5O8S2. The zero-order valence-electron chi connectivity index (χ0n) is 30.8. The fourth-order valence-electron chi connectivity index (χ4n) is 6.00. The average molecular weight is 758 g/mol. The van der Waals surface area contributed by atoms with Crippen molar-refractivity contribution in [2.45, 2.75) is 89.6 Å². The molecule has 4 amide bonds. The first kappa shape index (κ1) is 40.9. The van der Waals surface area contributed by atoms with Crippen molar-refractivity contribution in [3.8, 4) is 5.75 Å². The molecular weight excluding hydrogens is 707 g/mol. The van der Waals surface area contributed by atoms with Crippen molar-refractivity contribution in [1.82, 2.24) is 24.4 Å². The molecule has 3 atom stereocenters. The number of aliphatic hydroxyl groups excluding tert-OH is 1. The first-order valence-corrected chi connectivity index (χ1v) is 19.7. The molecule has 2 aromatic carbocycles. The number of aliphatic hydroxyl groups is 1. The highest BCUT2D eigenvalue weighted by molar-refractivity contribution is 7.89. The van der Waals surface area contributed by atoms with Crippen LogP contribution in [-0.4, -0.2) is 103 Å². The van der Waals surface area contributed by atoms with Crippen molar-refractivity contribution in [3.63, 3.8) is 0 Å². The maximum absolute atomic E-state index is 14.2. The van der Waals surface area contributed by atoms with Gasteiger partial charge in [-0.3, -0.25) is 14.5 Å². The Morgan fingerprint density at radius 3 is 2.40 bits per heavy atom. The van der Waals surface area contributed by atoms with Crippen molar-refractivity contribution in [1.29, 1.82) is 0 Å². The molecule has 1 saturated heterocycles. The van der Waals surface area contributed by atoms with Gasteiger partial charge in [-0.05, 0) is 48.1 Å². The lowest BCUT2D eigenvalue weighted by atomic mass is 9.96. The van der Waals surface area contributed by atoms with Gasteiger partial charge in [0.2, 0.25) is 15.9 Å². The van der Waals surface area contributed by atoms with Gasteiger partial charge in [0.1, 0.15) is 23.3 Å². The van der Waals surface area contributed by atoms with E-state index < -0.39 is 51.5 Å². The van der Waals surface area contributed by atoms with Gasteiger partial charge < -0.3 is 24.8 Å². The Bertz CT molecular complexity index is 1750. The standard InChI is InChI=1S/C37H51N5O8S2/c1-7-8-14-31(41-22-34(44)42(36(41)46)20-27-24-51-33(38-27)23-49-5)35(45)39-30(19-26-12-10-9-11-13-26)32(43)21-40(25-37(2,3)4)52(47,48)29-17-15-28(50-6)16-18-29/h9-13,15-18,24,30-32,43H,7-8,14,19-23,25H2,1-6H3,(H,39,45)/t30-,31-,32+/m0/s1. The molecule has 4 rings (SSSR count). The van der Waals surface area contributed by atoms with Gasteiger partial charge in [0, 0.05) is 25.6 Å². The van der Waals surface area contributed by atoms with Crippen LogP contribution in [0.3, 0.4) is 0 Å². The number of sulfonamides is 1. The Hall–Kier alpha value is -3.89. The van der Waals surface area contributed by atoms with Crippen molar-refractivity contribution in [2.75, 3.05) is 33.9 Å². The third-order valence-electron chi connectivity index (χ3n) is 8.61. The van der Waals surface area contributed by atoms with E-state index in [1.54, 1.807) is 24.6 Å². The Morgan fingerprint density at radius 1 is 1.10 bits per heavy atom. The number of ether oxygens (including phenoxy) is 2. The van der Waals surface area contributed by atoms with Crippen LogP contribution in [-0.2, 0) is 43.9 Å². The van der Waals surface area contributed by atoms with Crippen LogP contribution in [0.2, 0.25) is 0 Å². The summed E-state index contributed by atoms with van der Waals surface area (Å²) in [6.45, 7) is 7.47. The Balaban J connectivity index is 1.60. The lowest BCUT2D eigenvalue weighted by Crippen LogP contribution is -2.56. The number of unbranched alkanes of at least 4 members (excludes halogenated alkanes) is 1. The van der Waals surface area contributed by atoms with Gasteiger partial charge >= 0.3 is 6.03 Å². The molecule has 284 valence electrons. The van der Waals surface area contributed by atoms with E-state index >= 15 is 0 Å². The molecule has 0 spiro atoms. The van der Waals surface area contributed by atoms with Crippen LogP contribution >= 0.6 is 11.3 Å². The second kappa shape index (κ2) is 18.2. The van der Waals surface area contributed by atoms with Gasteiger partial charge in [-0.25, -0.2) is 18.2 Å². The van der Waals surface area contributed by atoms with E-state index in [4.69, 9.17) is 9.47 Å². The van der Waals surface area contributed by atoms with E-state index in [2.05, 4.69) is 10.3 Å². The number of carbonyl (C=O) groups is 3. The zero-order valence-corrected chi connectivity index (χ0v) is 32.4. The second-order valence-electron chi connectivity index (χ2n) is 14.1. The quantitative estimate of drug-likeness (QED) is 0.169. The summed E-state index contributed by atoms with van der Waals surface area (Å²) in [5.74, 6) is -0.471. The number of nitrogens with zero attached hydrogens (tertiary/aromatic N) is 4. The summed E-state index contributed by atoms with van der Waals surface area (Å²) >= 11 is 1.37. The summed E-state index contributed by atoms with van der Waals surface area (Å²) in [4.78, 5) is 47.9. The minimum absolute atomic E-state index is 0.0296. The predicted octanol–water partition coefficient (Wildman–Crippen LogP) is 4.45. The highest BCUT2D eigenvalue weighted by Crippen LogP contribution is 2.26. The summed E-state index contributed by atoms with van der Waals surface area (Å²) in [6, 6.07) is 12.8. The molecule has 1 fully saturated rings. The first-order valence-electron chi connectivity index (χ1n) is 17.4.